The fraction of sp³-hybridized carbons (Fsp3) is 0.300. The monoisotopic (exact) mass is 391 g/mol. The van der Waals surface area contributed by atoms with Crippen LogP contribution < -0.4 is 5.32 Å². The van der Waals surface area contributed by atoms with Crippen LogP contribution in [0.3, 0.4) is 0 Å². The Balaban J connectivity index is 1.70. The van der Waals surface area contributed by atoms with E-state index in [0.29, 0.717) is 12.1 Å². The number of anilines is 1. The molecule has 0 heterocycles. The molecule has 136 valence electrons. The number of alkyl halides is 2. The first-order chi connectivity index (χ1) is 12.2. The Kier molecular flexibility index (Phi) is 5.00. The van der Waals surface area contributed by atoms with Gasteiger partial charge in [0.15, 0.2) is 6.10 Å². The summed E-state index contributed by atoms with van der Waals surface area (Å²) in [6.45, 7) is 3.15. The van der Waals surface area contributed by atoms with Crippen LogP contribution in [0.4, 0.5) is 5.69 Å². The highest BCUT2D eigenvalue weighted by atomic mass is 35.5. The van der Waals surface area contributed by atoms with E-state index in [1.807, 2.05) is 48.5 Å². The second-order valence-electron chi connectivity index (χ2n) is 6.66. The molecule has 0 unspecified atom stereocenters. The molecule has 3 rings (SSSR count). The molecule has 1 N–H and O–H groups in total. The average Bonchev–Trinajstić information content (AvgIpc) is 3.15. The molecule has 1 aliphatic carbocycles. The van der Waals surface area contributed by atoms with Gasteiger partial charge in [0.25, 0.3) is 5.91 Å². The molecule has 4 nitrogen and oxygen atoms in total. The van der Waals surface area contributed by atoms with Crippen molar-refractivity contribution in [1.82, 2.24) is 0 Å². The summed E-state index contributed by atoms with van der Waals surface area (Å²) < 4.78 is 4.15. The molecular formula is C20H19Cl2NO3. The van der Waals surface area contributed by atoms with Gasteiger partial charge in [-0.1, -0.05) is 48.5 Å². The third kappa shape index (κ3) is 3.57. The molecule has 0 aromatic heterocycles. The predicted octanol–water partition coefficient (Wildman–Crippen LogP) is 4.81. The van der Waals surface area contributed by atoms with Gasteiger partial charge in [-0.05, 0) is 25.5 Å². The molecular weight excluding hydrogens is 373 g/mol. The van der Waals surface area contributed by atoms with Crippen LogP contribution in [0.1, 0.15) is 20.3 Å². The van der Waals surface area contributed by atoms with Gasteiger partial charge in [-0.25, -0.2) is 0 Å². The summed E-state index contributed by atoms with van der Waals surface area (Å²) in [5.41, 5.74) is 1.54. The number of halogens is 2. The minimum atomic E-state index is -1.12. The number of hydrogen-bond acceptors (Lipinski definition) is 3. The fourth-order valence-corrected chi connectivity index (χ4v) is 3.35. The van der Waals surface area contributed by atoms with E-state index >= 15 is 0 Å². The van der Waals surface area contributed by atoms with Crippen LogP contribution in [0, 0.1) is 5.41 Å². The zero-order valence-corrected chi connectivity index (χ0v) is 16.0. The van der Waals surface area contributed by atoms with E-state index in [4.69, 9.17) is 27.9 Å². The number of ether oxygens (including phenoxy) is 1. The number of rotatable bonds is 5. The highest BCUT2D eigenvalue weighted by Gasteiger charge is 2.69. The summed E-state index contributed by atoms with van der Waals surface area (Å²) in [4.78, 5) is 24.7. The van der Waals surface area contributed by atoms with Crippen molar-refractivity contribution in [1.29, 1.82) is 0 Å². The minimum Gasteiger partial charge on any atom is -0.452 e. The van der Waals surface area contributed by atoms with E-state index in [1.165, 1.54) is 6.92 Å². The Bertz CT molecular complexity index is 838. The Morgan fingerprint density at radius 3 is 2.27 bits per heavy atom. The Labute approximate surface area is 162 Å². The van der Waals surface area contributed by atoms with Crippen LogP contribution in [0.2, 0.25) is 0 Å². The lowest BCUT2D eigenvalue weighted by molar-refractivity contribution is -0.158. The number of benzene rings is 2. The normalized spacial score (nSPS) is 21.5. The fourth-order valence-electron chi connectivity index (χ4n) is 2.66. The SMILES string of the molecule is C[C@@H](OC(=O)[C@]1(C)CC1(Cl)Cl)C(=O)Nc1ccccc1-c1ccccc1. The predicted molar refractivity (Wildman–Crippen MR) is 103 cm³/mol. The molecule has 1 fully saturated rings. The quantitative estimate of drug-likeness (QED) is 0.587. The lowest BCUT2D eigenvalue weighted by Crippen LogP contribution is -2.33. The lowest BCUT2D eigenvalue weighted by Gasteiger charge is -2.18. The van der Waals surface area contributed by atoms with Crippen LogP contribution in [0.15, 0.2) is 54.6 Å². The van der Waals surface area contributed by atoms with E-state index in [9.17, 15) is 9.59 Å². The molecule has 1 saturated carbocycles. The van der Waals surface area contributed by atoms with Crippen molar-refractivity contribution < 1.29 is 14.3 Å². The lowest BCUT2D eigenvalue weighted by atomic mass is 10.0. The van der Waals surface area contributed by atoms with Crippen molar-refractivity contribution in [2.75, 3.05) is 5.32 Å². The smallest absolute Gasteiger partial charge is 0.315 e. The minimum absolute atomic E-state index is 0.313. The number of carbonyl (C=O) groups excluding carboxylic acids is 2. The van der Waals surface area contributed by atoms with E-state index in [0.717, 1.165) is 11.1 Å². The van der Waals surface area contributed by atoms with Crippen LogP contribution in [0.5, 0.6) is 0 Å². The molecule has 26 heavy (non-hydrogen) atoms. The highest BCUT2D eigenvalue weighted by molar-refractivity contribution is 6.53. The van der Waals surface area contributed by atoms with Crippen LogP contribution in [-0.4, -0.2) is 22.3 Å². The van der Waals surface area contributed by atoms with Gasteiger partial charge in [0.1, 0.15) is 9.75 Å². The van der Waals surface area contributed by atoms with E-state index in [1.54, 1.807) is 13.0 Å². The molecule has 0 saturated heterocycles. The third-order valence-electron chi connectivity index (χ3n) is 4.63. The molecule has 1 aliphatic rings. The van der Waals surface area contributed by atoms with Crippen molar-refractivity contribution >= 4 is 40.8 Å². The zero-order valence-electron chi connectivity index (χ0n) is 14.5. The van der Waals surface area contributed by atoms with Crippen molar-refractivity contribution in [3.05, 3.63) is 54.6 Å². The number of para-hydroxylation sites is 1. The summed E-state index contributed by atoms with van der Waals surface area (Å²) in [6.07, 6.45) is -0.652. The summed E-state index contributed by atoms with van der Waals surface area (Å²) >= 11 is 12.0. The summed E-state index contributed by atoms with van der Waals surface area (Å²) in [5.74, 6) is -0.984. The van der Waals surface area contributed by atoms with Crippen molar-refractivity contribution in [2.45, 2.75) is 30.7 Å². The van der Waals surface area contributed by atoms with E-state index < -0.39 is 27.7 Å². The average molecular weight is 392 g/mol. The molecule has 0 bridgehead atoms. The molecule has 2 aromatic rings. The Morgan fingerprint density at radius 1 is 1.08 bits per heavy atom. The maximum atomic E-state index is 12.5. The van der Waals surface area contributed by atoms with Gasteiger partial charge in [0.05, 0.1) is 0 Å². The summed E-state index contributed by atoms with van der Waals surface area (Å²) in [6, 6.07) is 17.2. The van der Waals surface area contributed by atoms with Gasteiger partial charge >= 0.3 is 5.97 Å². The summed E-state index contributed by atoms with van der Waals surface area (Å²) in [7, 11) is 0. The number of esters is 1. The molecule has 0 aliphatic heterocycles. The Morgan fingerprint density at radius 2 is 1.65 bits per heavy atom. The molecule has 1 amide bonds. The second kappa shape index (κ2) is 6.93. The van der Waals surface area contributed by atoms with Gasteiger partial charge in [0, 0.05) is 17.7 Å². The van der Waals surface area contributed by atoms with E-state index in [2.05, 4.69) is 5.32 Å². The van der Waals surface area contributed by atoms with E-state index in [-0.39, 0.29) is 0 Å². The van der Waals surface area contributed by atoms with Gasteiger partial charge in [0.2, 0.25) is 0 Å². The Hall–Kier alpha value is -2.04. The number of hydrogen-bond donors (Lipinski definition) is 1. The van der Waals surface area contributed by atoms with Crippen molar-refractivity contribution in [3.8, 4) is 11.1 Å². The van der Waals surface area contributed by atoms with Gasteiger partial charge < -0.3 is 10.1 Å². The molecule has 6 heteroatoms. The summed E-state index contributed by atoms with van der Waals surface area (Å²) in [5, 5.41) is 2.82. The van der Waals surface area contributed by atoms with Crippen molar-refractivity contribution in [3.63, 3.8) is 0 Å². The van der Waals surface area contributed by atoms with Crippen LogP contribution >= 0.6 is 23.2 Å². The number of nitrogens with one attached hydrogen (secondary N) is 1. The molecule has 2 atom stereocenters. The standard InChI is InChI=1S/C20H19Cl2NO3/c1-13(26-18(25)19(2)12-20(19,21)22)17(24)23-16-11-7-6-10-15(16)14-8-4-3-5-9-14/h3-11,13H,12H2,1-2H3,(H,23,24)/t13-,19+/m1/s1. The molecule has 2 aromatic carbocycles. The molecule has 0 spiro atoms. The number of carbonyl (C=O) groups is 2. The second-order valence-corrected chi connectivity index (χ2v) is 8.15. The highest BCUT2D eigenvalue weighted by Crippen LogP contribution is 2.64. The first-order valence-corrected chi connectivity index (χ1v) is 9.04. The number of amides is 1. The maximum Gasteiger partial charge on any atom is 0.315 e. The van der Waals surface area contributed by atoms with Crippen LogP contribution in [0.25, 0.3) is 11.1 Å². The van der Waals surface area contributed by atoms with Crippen molar-refractivity contribution in [2.24, 2.45) is 5.41 Å². The van der Waals surface area contributed by atoms with Gasteiger partial charge in [-0.3, -0.25) is 9.59 Å². The molecule has 0 radical (unpaired) electrons. The van der Waals surface area contributed by atoms with Crippen LogP contribution in [-0.2, 0) is 14.3 Å². The van der Waals surface area contributed by atoms with Gasteiger partial charge in [-0.2, -0.15) is 0 Å². The zero-order chi connectivity index (χ0) is 18.9. The van der Waals surface area contributed by atoms with Gasteiger partial charge in [-0.15, -0.1) is 23.2 Å². The largest absolute Gasteiger partial charge is 0.452 e. The maximum absolute atomic E-state index is 12.5. The first-order valence-electron chi connectivity index (χ1n) is 8.29. The third-order valence-corrected chi connectivity index (χ3v) is 5.73. The topological polar surface area (TPSA) is 55.4 Å². The first kappa shape index (κ1) is 18.7.